The zero-order valence-electron chi connectivity index (χ0n) is 10.1. The molecule has 0 atom stereocenters. The lowest BCUT2D eigenvalue weighted by Crippen LogP contribution is -1.91. The topological polar surface area (TPSA) is 9.29 Å². The molecular formula is C16H12N2. The molecule has 0 fully saturated rings. The first kappa shape index (κ1) is 10.6. The first-order chi connectivity index (χ1) is 8.83. The van der Waals surface area contributed by atoms with Crippen LogP contribution in [0.5, 0.6) is 0 Å². The molecule has 1 aromatic heterocycles. The normalized spacial score (nSPS) is 11.9. The first-order valence-corrected chi connectivity index (χ1v) is 5.85. The van der Waals surface area contributed by atoms with Crippen molar-refractivity contribution in [3.05, 3.63) is 66.1 Å². The molecule has 0 aliphatic carbocycles. The predicted octanol–water partition coefficient (Wildman–Crippen LogP) is 4.53. The minimum atomic E-state index is 0.947. The standard InChI is InChI=1S/C16H12N2/c1-12(11-17-2)18-15-9-5-3-7-13(15)14-8-4-6-10-16(14)18/h3-11H,1H3/b12-11-. The fourth-order valence-corrected chi connectivity index (χ4v) is 2.45. The summed E-state index contributed by atoms with van der Waals surface area (Å²) in [6.45, 7) is 8.96. The van der Waals surface area contributed by atoms with Gasteiger partial charge in [-0.2, -0.15) is 0 Å². The molecule has 18 heavy (non-hydrogen) atoms. The number of fused-ring (bicyclic) bond motifs is 3. The molecule has 0 amide bonds. The lowest BCUT2D eigenvalue weighted by molar-refractivity contribution is 1.20. The first-order valence-electron chi connectivity index (χ1n) is 5.85. The predicted molar refractivity (Wildman–Crippen MR) is 76.0 cm³/mol. The van der Waals surface area contributed by atoms with Crippen LogP contribution in [0.1, 0.15) is 6.92 Å². The summed E-state index contributed by atoms with van der Waals surface area (Å²) in [5.74, 6) is 0. The van der Waals surface area contributed by atoms with Gasteiger partial charge >= 0.3 is 0 Å². The molecular weight excluding hydrogens is 220 g/mol. The van der Waals surface area contributed by atoms with Crippen molar-refractivity contribution in [2.75, 3.05) is 0 Å². The highest BCUT2D eigenvalue weighted by atomic mass is 15.0. The molecule has 0 radical (unpaired) electrons. The summed E-state index contributed by atoms with van der Waals surface area (Å²) in [5, 5.41) is 2.46. The van der Waals surface area contributed by atoms with Gasteiger partial charge in [0.1, 0.15) is 0 Å². The van der Waals surface area contributed by atoms with Gasteiger partial charge in [0.2, 0.25) is 0 Å². The van der Waals surface area contributed by atoms with Crippen LogP contribution in [0.25, 0.3) is 32.3 Å². The van der Waals surface area contributed by atoms with E-state index < -0.39 is 0 Å². The Labute approximate surface area is 106 Å². The molecule has 2 nitrogen and oxygen atoms in total. The molecule has 1 heterocycles. The van der Waals surface area contributed by atoms with Gasteiger partial charge in [-0.05, 0) is 19.1 Å². The van der Waals surface area contributed by atoms with Crippen molar-refractivity contribution in [2.24, 2.45) is 0 Å². The van der Waals surface area contributed by atoms with E-state index in [0.29, 0.717) is 0 Å². The van der Waals surface area contributed by atoms with Crippen LogP contribution in [-0.4, -0.2) is 4.57 Å². The maximum absolute atomic E-state index is 6.99. The SMILES string of the molecule is [C-]#[N+]/C=C(/C)n1c2ccccc2c2ccccc21. The molecule has 86 valence electrons. The van der Waals surface area contributed by atoms with E-state index in [1.165, 1.54) is 10.8 Å². The lowest BCUT2D eigenvalue weighted by Gasteiger charge is -2.06. The van der Waals surface area contributed by atoms with Crippen molar-refractivity contribution in [3.8, 4) is 0 Å². The Balaban J connectivity index is 2.54. The van der Waals surface area contributed by atoms with Gasteiger partial charge < -0.3 is 4.57 Å². The van der Waals surface area contributed by atoms with Gasteiger partial charge in [-0.25, -0.2) is 4.85 Å². The van der Waals surface area contributed by atoms with Crippen molar-refractivity contribution >= 4 is 27.5 Å². The smallest absolute Gasteiger partial charge is 0.173 e. The minimum absolute atomic E-state index is 0.947. The Bertz CT molecular complexity index is 747. The number of para-hydroxylation sites is 2. The fraction of sp³-hybridized carbons (Fsp3) is 0.0625. The van der Waals surface area contributed by atoms with Gasteiger partial charge in [0.05, 0.1) is 17.6 Å². The number of hydrogen-bond acceptors (Lipinski definition) is 0. The van der Waals surface area contributed by atoms with E-state index in [-0.39, 0.29) is 0 Å². The van der Waals surface area contributed by atoms with Crippen LogP contribution in [-0.2, 0) is 0 Å². The van der Waals surface area contributed by atoms with Crippen LogP contribution in [0.4, 0.5) is 0 Å². The molecule has 0 spiro atoms. The van der Waals surface area contributed by atoms with Gasteiger partial charge in [-0.3, -0.25) is 0 Å². The van der Waals surface area contributed by atoms with Crippen LogP contribution < -0.4 is 0 Å². The third kappa shape index (κ3) is 1.42. The second-order valence-electron chi connectivity index (χ2n) is 4.27. The second-order valence-corrected chi connectivity index (χ2v) is 4.27. The summed E-state index contributed by atoms with van der Waals surface area (Å²) < 4.78 is 2.14. The van der Waals surface area contributed by atoms with Crippen LogP contribution in [0.15, 0.2) is 54.7 Å². The van der Waals surface area contributed by atoms with Gasteiger partial charge in [0, 0.05) is 16.5 Å². The number of allylic oxidation sites excluding steroid dienone is 1. The highest BCUT2D eigenvalue weighted by Crippen LogP contribution is 2.31. The summed E-state index contributed by atoms with van der Waals surface area (Å²) >= 11 is 0. The third-order valence-corrected chi connectivity index (χ3v) is 3.18. The molecule has 0 saturated heterocycles. The molecule has 0 N–H and O–H groups in total. The summed E-state index contributed by atoms with van der Waals surface area (Å²) in [6, 6.07) is 16.6. The maximum Gasteiger partial charge on any atom is 0.173 e. The van der Waals surface area contributed by atoms with E-state index >= 15 is 0 Å². The zero-order valence-corrected chi connectivity index (χ0v) is 10.1. The molecule has 3 aromatic rings. The van der Waals surface area contributed by atoms with E-state index in [2.05, 4.69) is 33.7 Å². The van der Waals surface area contributed by atoms with E-state index in [0.717, 1.165) is 16.7 Å². The molecule has 0 bridgehead atoms. The zero-order chi connectivity index (χ0) is 12.5. The quantitative estimate of drug-likeness (QED) is 0.545. The van der Waals surface area contributed by atoms with E-state index in [4.69, 9.17) is 6.57 Å². The number of benzene rings is 2. The van der Waals surface area contributed by atoms with Crippen molar-refractivity contribution in [2.45, 2.75) is 6.92 Å². The molecule has 3 rings (SSSR count). The Morgan fingerprint density at radius 1 is 1.00 bits per heavy atom. The number of nitrogens with zero attached hydrogens (tertiary/aromatic N) is 2. The summed E-state index contributed by atoms with van der Waals surface area (Å²) in [5.41, 5.74) is 3.25. The molecule has 0 aliphatic rings. The van der Waals surface area contributed by atoms with Crippen LogP contribution in [0, 0.1) is 6.57 Å². The molecule has 0 saturated carbocycles. The van der Waals surface area contributed by atoms with Gasteiger partial charge in [0.15, 0.2) is 6.20 Å². The molecule has 0 unspecified atom stereocenters. The summed E-state index contributed by atoms with van der Waals surface area (Å²) in [4.78, 5) is 3.37. The number of aromatic nitrogens is 1. The van der Waals surface area contributed by atoms with Gasteiger partial charge in [-0.15, -0.1) is 0 Å². The Hall–Kier alpha value is -2.53. The monoisotopic (exact) mass is 232 g/mol. The molecule has 2 aromatic carbocycles. The fourth-order valence-electron chi connectivity index (χ4n) is 2.45. The van der Waals surface area contributed by atoms with Crippen LogP contribution in [0.2, 0.25) is 0 Å². The summed E-state index contributed by atoms with van der Waals surface area (Å²) in [7, 11) is 0. The van der Waals surface area contributed by atoms with Crippen LogP contribution >= 0.6 is 0 Å². The van der Waals surface area contributed by atoms with Gasteiger partial charge in [-0.1, -0.05) is 36.4 Å². The van der Waals surface area contributed by atoms with Crippen molar-refractivity contribution in [3.63, 3.8) is 0 Å². The Morgan fingerprint density at radius 3 is 2.00 bits per heavy atom. The Kier molecular flexibility index (Phi) is 2.39. The molecule has 0 aliphatic heterocycles. The summed E-state index contributed by atoms with van der Waals surface area (Å²) in [6.07, 6.45) is 1.57. The van der Waals surface area contributed by atoms with E-state index in [1.54, 1.807) is 6.20 Å². The maximum atomic E-state index is 6.99. The Morgan fingerprint density at radius 2 is 1.50 bits per heavy atom. The lowest BCUT2D eigenvalue weighted by atomic mass is 10.2. The van der Waals surface area contributed by atoms with E-state index in [1.807, 2.05) is 31.2 Å². The highest BCUT2D eigenvalue weighted by molar-refractivity contribution is 6.09. The third-order valence-electron chi connectivity index (χ3n) is 3.18. The van der Waals surface area contributed by atoms with Crippen molar-refractivity contribution in [1.29, 1.82) is 0 Å². The average Bonchev–Trinajstić information content (AvgIpc) is 2.73. The molecule has 2 heteroatoms. The van der Waals surface area contributed by atoms with E-state index in [9.17, 15) is 0 Å². The number of rotatable bonds is 1. The largest absolute Gasteiger partial charge is 0.324 e. The van der Waals surface area contributed by atoms with Crippen molar-refractivity contribution < 1.29 is 0 Å². The van der Waals surface area contributed by atoms with Crippen molar-refractivity contribution in [1.82, 2.24) is 4.57 Å². The number of hydrogen-bond donors (Lipinski definition) is 0. The van der Waals surface area contributed by atoms with Crippen LogP contribution in [0.3, 0.4) is 0 Å². The average molecular weight is 232 g/mol. The van der Waals surface area contributed by atoms with Gasteiger partial charge in [0.25, 0.3) is 0 Å². The minimum Gasteiger partial charge on any atom is -0.324 e. The highest BCUT2D eigenvalue weighted by Gasteiger charge is 2.09. The second kappa shape index (κ2) is 4.05.